The van der Waals surface area contributed by atoms with Gasteiger partial charge in [-0.3, -0.25) is 4.79 Å². The second-order valence-corrected chi connectivity index (χ2v) is 5.45. The number of fused-ring (bicyclic) bond motifs is 1. The highest BCUT2D eigenvalue weighted by atomic mass is 16.7. The minimum absolute atomic E-state index is 0.159. The minimum atomic E-state index is -0.209. The first-order valence-electron chi connectivity index (χ1n) is 7.90. The molecule has 0 bridgehead atoms. The number of nitrogens with zero attached hydrogens (tertiary/aromatic N) is 1. The monoisotopic (exact) mass is 337 g/mol. The molecule has 0 aliphatic carbocycles. The molecule has 0 spiro atoms. The topological polar surface area (TPSA) is 72.0 Å². The second-order valence-electron chi connectivity index (χ2n) is 5.45. The number of carbonyl (C=O) groups is 1. The van der Waals surface area contributed by atoms with E-state index < -0.39 is 0 Å². The zero-order valence-corrected chi connectivity index (χ0v) is 13.9. The maximum Gasteiger partial charge on any atom is 0.259 e. The smallest absolute Gasteiger partial charge is 0.259 e. The summed E-state index contributed by atoms with van der Waals surface area (Å²) < 4.78 is 10.6. The number of amides is 1. The van der Waals surface area contributed by atoms with Gasteiger partial charge >= 0.3 is 0 Å². The van der Waals surface area contributed by atoms with Crippen molar-refractivity contribution < 1.29 is 14.3 Å². The molecule has 0 aromatic heterocycles. The quantitative estimate of drug-likeness (QED) is 0.628. The third kappa shape index (κ3) is 4.84. The largest absolute Gasteiger partial charge is 0.454 e. The van der Waals surface area contributed by atoms with Gasteiger partial charge < -0.3 is 14.8 Å². The molecule has 0 saturated carbocycles. The van der Waals surface area contributed by atoms with Crippen LogP contribution in [0, 0.1) is 0 Å². The Hall–Kier alpha value is -3.28. The summed E-state index contributed by atoms with van der Waals surface area (Å²) in [5.41, 5.74) is 5.07. The Labute approximate surface area is 146 Å². The SMILES string of the molecule is CC(/C=C/c1ccc2c(c1)OCO2)=NNC(=O)CNc1ccccc1. The number of para-hydroxylation sites is 1. The lowest BCUT2D eigenvalue weighted by molar-refractivity contribution is -0.119. The molecule has 1 aliphatic rings. The lowest BCUT2D eigenvalue weighted by atomic mass is 10.2. The number of hydrogen-bond acceptors (Lipinski definition) is 5. The molecule has 1 amide bonds. The zero-order valence-electron chi connectivity index (χ0n) is 13.9. The average molecular weight is 337 g/mol. The summed E-state index contributed by atoms with van der Waals surface area (Å²) in [7, 11) is 0. The van der Waals surface area contributed by atoms with E-state index in [1.165, 1.54) is 0 Å². The Balaban J connectivity index is 1.48. The van der Waals surface area contributed by atoms with Gasteiger partial charge in [-0.1, -0.05) is 30.3 Å². The molecule has 0 saturated heterocycles. The van der Waals surface area contributed by atoms with Crippen molar-refractivity contribution in [2.45, 2.75) is 6.92 Å². The third-order valence-corrected chi connectivity index (χ3v) is 3.50. The average Bonchev–Trinajstić information content (AvgIpc) is 3.11. The number of allylic oxidation sites excluding steroid dienone is 1. The van der Waals surface area contributed by atoms with Crippen LogP contribution in [0.4, 0.5) is 5.69 Å². The predicted octanol–water partition coefficient (Wildman–Crippen LogP) is 3.03. The van der Waals surface area contributed by atoms with Crippen molar-refractivity contribution in [2.75, 3.05) is 18.7 Å². The first-order valence-corrected chi connectivity index (χ1v) is 7.90. The van der Waals surface area contributed by atoms with Crippen LogP contribution in [0.5, 0.6) is 11.5 Å². The molecular weight excluding hydrogens is 318 g/mol. The van der Waals surface area contributed by atoms with Gasteiger partial charge in [-0.2, -0.15) is 5.10 Å². The van der Waals surface area contributed by atoms with Crippen LogP contribution < -0.4 is 20.2 Å². The van der Waals surface area contributed by atoms with Gasteiger partial charge in [0.05, 0.1) is 12.3 Å². The number of ether oxygens (including phenoxy) is 2. The lowest BCUT2D eigenvalue weighted by Gasteiger charge is -2.04. The summed E-state index contributed by atoms with van der Waals surface area (Å²) in [6.07, 6.45) is 3.72. The number of hydrazone groups is 1. The number of nitrogens with one attached hydrogen (secondary N) is 2. The van der Waals surface area contributed by atoms with Crippen molar-refractivity contribution in [3.8, 4) is 11.5 Å². The van der Waals surface area contributed by atoms with Crippen molar-refractivity contribution in [1.82, 2.24) is 5.43 Å². The standard InChI is InChI=1S/C19H19N3O3/c1-14(7-8-15-9-10-17-18(11-15)25-13-24-17)21-22-19(23)12-20-16-5-3-2-4-6-16/h2-11,20H,12-13H2,1H3,(H,22,23)/b8-7+,21-14?. The lowest BCUT2D eigenvalue weighted by Crippen LogP contribution is -2.26. The van der Waals surface area contributed by atoms with Crippen molar-refractivity contribution in [3.05, 3.63) is 60.2 Å². The first-order chi connectivity index (χ1) is 12.2. The van der Waals surface area contributed by atoms with Crippen molar-refractivity contribution >= 4 is 23.4 Å². The molecule has 128 valence electrons. The molecular formula is C19H19N3O3. The van der Waals surface area contributed by atoms with Crippen LogP contribution in [0.3, 0.4) is 0 Å². The van der Waals surface area contributed by atoms with E-state index >= 15 is 0 Å². The van der Waals surface area contributed by atoms with Gasteiger partial charge in [0.25, 0.3) is 5.91 Å². The molecule has 3 rings (SSSR count). The summed E-state index contributed by atoms with van der Waals surface area (Å²) in [5, 5.41) is 7.08. The Morgan fingerprint density at radius 1 is 1.16 bits per heavy atom. The highest BCUT2D eigenvalue weighted by molar-refractivity contribution is 5.97. The Morgan fingerprint density at radius 3 is 2.80 bits per heavy atom. The van der Waals surface area contributed by atoms with E-state index in [1.807, 2.05) is 67.6 Å². The van der Waals surface area contributed by atoms with Gasteiger partial charge in [0.2, 0.25) is 6.79 Å². The Bertz CT molecular complexity index is 801. The van der Waals surface area contributed by atoms with Crippen molar-refractivity contribution in [3.63, 3.8) is 0 Å². The van der Waals surface area contributed by atoms with Crippen LogP contribution >= 0.6 is 0 Å². The molecule has 2 aromatic rings. The summed E-state index contributed by atoms with van der Waals surface area (Å²) >= 11 is 0. The van der Waals surface area contributed by atoms with Crippen molar-refractivity contribution in [2.24, 2.45) is 5.10 Å². The highest BCUT2D eigenvalue weighted by Gasteiger charge is 2.12. The molecule has 6 nitrogen and oxygen atoms in total. The van der Waals surface area contributed by atoms with Crippen LogP contribution in [-0.2, 0) is 4.79 Å². The van der Waals surface area contributed by atoms with Crippen molar-refractivity contribution in [1.29, 1.82) is 0 Å². The fraction of sp³-hybridized carbons (Fsp3) is 0.158. The number of anilines is 1. The van der Waals surface area contributed by atoms with Gasteiger partial charge in [-0.25, -0.2) is 5.43 Å². The molecule has 25 heavy (non-hydrogen) atoms. The van der Waals surface area contributed by atoms with Crippen LogP contribution in [-0.4, -0.2) is 25.0 Å². The molecule has 2 N–H and O–H groups in total. The molecule has 1 heterocycles. The van der Waals surface area contributed by atoms with Crippen LogP contribution in [0.1, 0.15) is 12.5 Å². The van der Waals surface area contributed by atoms with Gasteiger partial charge in [0, 0.05) is 5.69 Å². The summed E-state index contributed by atoms with van der Waals surface area (Å²) in [6, 6.07) is 15.2. The van der Waals surface area contributed by atoms with Gasteiger partial charge in [0.1, 0.15) is 0 Å². The Kier molecular flexibility index (Phi) is 5.31. The fourth-order valence-corrected chi connectivity index (χ4v) is 2.20. The highest BCUT2D eigenvalue weighted by Crippen LogP contribution is 2.32. The van der Waals surface area contributed by atoms with E-state index in [2.05, 4.69) is 15.8 Å². The maximum absolute atomic E-state index is 11.8. The maximum atomic E-state index is 11.8. The third-order valence-electron chi connectivity index (χ3n) is 3.50. The number of carbonyl (C=O) groups excluding carboxylic acids is 1. The van der Waals surface area contributed by atoms with E-state index in [4.69, 9.17) is 9.47 Å². The summed E-state index contributed by atoms with van der Waals surface area (Å²) in [6.45, 7) is 2.23. The molecule has 0 fully saturated rings. The van der Waals surface area contributed by atoms with Gasteiger partial charge in [-0.05, 0) is 42.8 Å². The molecule has 2 aromatic carbocycles. The molecule has 1 aliphatic heterocycles. The van der Waals surface area contributed by atoms with E-state index in [-0.39, 0.29) is 19.2 Å². The van der Waals surface area contributed by atoms with Gasteiger partial charge in [-0.15, -0.1) is 0 Å². The zero-order chi connectivity index (χ0) is 17.5. The molecule has 0 unspecified atom stereocenters. The van der Waals surface area contributed by atoms with Gasteiger partial charge in [0.15, 0.2) is 11.5 Å². The summed E-state index contributed by atoms with van der Waals surface area (Å²) in [4.78, 5) is 11.8. The first kappa shape index (κ1) is 16.6. The number of hydrogen-bond donors (Lipinski definition) is 2. The molecule has 6 heteroatoms. The normalized spacial score (nSPS) is 13.1. The van der Waals surface area contributed by atoms with E-state index in [0.717, 1.165) is 22.7 Å². The van der Waals surface area contributed by atoms with Crippen LogP contribution in [0.2, 0.25) is 0 Å². The Morgan fingerprint density at radius 2 is 1.96 bits per heavy atom. The van der Waals surface area contributed by atoms with E-state index in [1.54, 1.807) is 0 Å². The number of rotatable bonds is 6. The van der Waals surface area contributed by atoms with E-state index in [0.29, 0.717) is 5.71 Å². The second kappa shape index (κ2) is 8.01. The van der Waals surface area contributed by atoms with E-state index in [9.17, 15) is 4.79 Å². The van der Waals surface area contributed by atoms with Crippen LogP contribution in [0.15, 0.2) is 59.7 Å². The number of benzene rings is 2. The fourth-order valence-electron chi connectivity index (χ4n) is 2.20. The predicted molar refractivity (Wildman–Crippen MR) is 97.8 cm³/mol. The molecule has 0 radical (unpaired) electrons. The molecule has 0 atom stereocenters. The van der Waals surface area contributed by atoms with Crippen LogP contribution in [0.25, 0.3) is 6.08 Å². The summed E-state index contributed by atoms with van der Waals surface area (Å²) in [5.74, 6) is 1.28. The minimum Gasteiger partial charge on any atom is -0.454 e.